The lowest BCUT2D eigenvalue weighted by atomic mass is 10.1. The highest BCUT2D eigenvalue weighted by atomic mass is 35.5. The maximum Gasteiger partial charge on any atom is 0.308 e. The van der Waals surface area contributed by atoms with Gasteiger partial charge in [-0.25, -0.2) is 13.1 Å². The highest BCUT2D eigenvalue weighted by Crippen LogP contribution is 2.26. The first kappa shape index (κ1) is 23.5. The Bertz CT molecular complexity index is 1440. The van der Waals surface area contributed by atoms with E-state index >= 15 is 0 Å². The molecule has 0 radical (unpaired) electrons. The van der Waals surface area contributed by atoms with E-state index in [1.54, 1.807) is 42.0 Å². The van der Waals surface area contributed by atoms with Gasteiger partial charge in [0.25, 0.3) is 0 Å². The molecule has 172 valence electrons. The van der Waals surface area contributed by atoms with Gasteiger partial charge in [0.05, 0.1) is 28.8 Å². The molecule has 0 saturated carbocycles. The predicted octanol–water partition coefficient (Wildman–Crippen LogP) is 5.20. The van der Waals surface area contributed by atoms with E-state index in [0.717, 1.165) is 22.5 Å². The van der Waals surface area contributed by atoms with Crippen molar-refractivity contribution in [3.63, 3.8) is 0 Å². The number of thiazole rings is 1. The average molecular weight is 503 g/mol. The second-order valence-electron chi connectivity index (χ2n) is 7.53. The Morgan fingerprint density at radius 2 is 1.82 bits per heavy atom. The second kappa shape index (κ2) is 9.69. The molecule has 0 aliphatic rings. The molecule has 1 atom stereocenters. The molecular formula is C24H23ClN2O4S2. The van der Waals surface area contributed by atoms with Gasteiger partial charge in [-0.1, -0.05) is 60.2 Å². The summed E-state index contributed by atoms with van der Waals surface area (Å²) in [5.41, 5.74) is 2.34. The molecule has 0 spiro atoms. The molecule has 0 saturated heterocycles. The van der Waals surface area contributed by atoms with Gasteiger partial charge in [0, 0.05) is 11.1 Å². The van der Waals surface area contributed by atoms with Crippen molar-refractivity contribution in [2.75, 3.05) is 7.11 Å². The van der Waals surface area contributed by atoms with Crippen molar-refractivity contribution in [1.29, 1.82) is 0 Å². The number of aromatic nitrogens is 1. The van der Waals surface area contributed by atoms with Crippen LogP contribution in [0, 0.1) is 0 Å². The van der Waals surface area contributed by atoms with Crippen LogP contribution in [-0.4, -0.2) is 20.1 Å². The molecule has 33 heavy (non-hydrogen) atoms. The van der Waals surface area contributed by atoms with Gasteiger partial charge in [-0.05, 0) is 53.9 Å². The molecule has 1 aromatic heterocycles. The second-order valence-corrected chi connectivity index (χ2v) is 10.6. The van der Waals surface area contributed by atoms with Gasteiger partial charge >= 0.3 is 4.87 Å². The molecule has 1 unspecified atom stereocenters. The summed E-state index contributed by atoms with van der Waals surface area (Å²) in [5.74, 6) is 0.707. The van der Waals surface area contributed by atoms with Gasteiger partial charge in [0.2, 0.25) is 10.0 Å². The monoisotopic (exact) mass is 502 g/mol. The molecule has 4 aromatic rings. The van der Waals surface area contributed by atoms with Crippen LogP contribution in [0.3, 0.4) is 0 Å². The number of nitrogens with zero attached hydrogens (tertiary/aromatic N) is 1. The maximum atomic E-state index is 13.1. The lowest BCUT2D eigenvalue weighted by molar-refractivity contribution is 0.414. The SMILES string of the molecule is CCC(NS(=O)(=O)c1ccc2c(c1)sc(=O)n2Cc1ccccc1Cl)c1ccc(OC)cc1. The number of methoxy groups -OCH3 is 1. The van der Waals surface area contributed by atoms with Gasteiger partial charge in [-0.15, -0.1) is 0 Å². The van der Waals surface area contributed by atoms with Gasteiger partial charge in [0.1, 0.15) is 5.75 Å². The van der Waals surface area contributed by atoms with Crippen molar-refractivity contribution in [3.8, 4) is 5.75 Å². The Morgan fingerprint density at radius 3 is 2.48 bits per heavy atom. The zero-order valence-electron chi connectivity index (χ0n) is 18.1. The number of rotatable bonds is 8. The highest BCUT2D eigenvalue weighted by Gasteiger charge is 2.22. The number of sulfonamides is 1. The summed E-state index contributed by atoms with van der Waals surface area (Å²) in [6, 6.07) is 19.0. The zero-order chi connectivity index (χ0) is 23.6. The van der Waals surface area contributed by atoms with Gasteiger partial charge in [0.15, 0.2) is 0 Å². The van der Waals surface area contributed by atoms with E-state index in [4.69, 9.17) is 16.3 Å². The fourth-order valence-electron chi connectivity index (χ4n) is 3.64. The Kier molecular flexibility index (Phi) is 6.90. The van der Waals surface area contributed by atoms with E-state index in [0.29, 0.717) is 34.0 Å². The molecule has 0 amide bonds. The fraction of sp³-hybridized carbons (Fsp3) is 0.208. The summed E-state index contributed by atoms with van der Waals surface area (Å²) in [5, 5.41) is 0.580. The average Bonchev–Trinajstić information content (AvgIpc) is 3.13. The van der Waals surface area contributed by atoms with E-state index < -0.39 is 10.0 Å². The fourth-order valence-corrected chi connectivity index (χ4v) is 6.17. The summed E-state index contributed by atoms with van der Waals surface area (Å²) in [6.07, 6.45) is 0.579. The number of benzene rings is 3. The number of hydrogen-bond acceptors (Lipinski definition) is 5. The molecule has 0 fully saturated rings. The first-order chi connectivity index (χ1) is 15.8. The van der Waals surface area contributed by atoms with Gasteiger partial charge in [-0.3, -0.25) is 9.36 Å². The van der Waals surface area contributed by atoms with E-state index in [1.807, 2.05) is 37.3 Å². The minimum Gasteiger partial charge on any atom is -0.497 e. The predicted molar refractivity (Wildman–Crippen MR) is 133 cm³/mol. The lowest BCUT2D eigenvalue weighted by Gasteiger charge is -2.18. The summed E-state index contributed by atoms with van der Waals surface area (Å²) in [6.45, 7) is 2.24. The normalized spacial score (nSPS) is 12.7. The summed E-state index contributed by atoms with van der Waals surface area (Å²) >= 11 is 7.27. The molecule has 6 nitrogen and oxygen atoms in total. The highest BCUT2D eigenvalue weighted by molar-refractivity contribution is 7.89. The van der Waals surface area contributed by atoms with E-state index in [2.05, 4.69) is 4.72 Å². The zero-order valence-corrected chi connectivity index (χ0v) is 20.5. The first-order valence-electron chi connectivity index (χ1n) is 10.4. The van der Waals surface area contributed by atoms with Gasteiger partial charge in [-0.2, -0.15) is 0 Å². The summed E-state index contributed by atoms with van der Waals surface area (Å²) < 4.78 is 36.4. The molecule has 9 heteroatoms. The van der Waals surface area contributed by atoms with E-state index in [-0.39, 0.29) is 15.8 Å². The Balaban J connectivity index is 1.63. The third-order valence-electron chi connectivity index (χ3n) is 5.46. The van der Waals surface area contributed by atoms with Crippen LogP contribution in [0.2, 0.25) is 5.02 Å². The van der Waals surface area contributed by atoms with E-state index in [1.165, 1.54) is 6.07 Å². The number of halogens is 1. The van der Waals surface area contributed by atoms with Crippen LogP contribution < -0.4 is 14.3 Å². The molecule has 1 heterocycles. The summed E-state index contributed by atoms with van der Waals surface area (Å²) in [4.78, 5) is 12.6. The van der Waals surface area contributed by atoms with Crippen molar-refractivity contribution in [1.82, 2.24) is 9.29 Å². The van der Waals surface area contributed by atoms with Crippen LogP contribution in [0.15, 0.2) is 76.4 Å². The third kappa shape index (κ3) is 4.99. The van der Waals surface area contributed by atoms with Crippen LogP contribution in [0.4, 0.5) is 0 Å². The van der Waals surface area contributed by atoms with Crippen LogP contribution >= 0.6 is 22.9 Å². The van der Waals surface area contributed by atoms with Crippen molar-refractivity contribution in [2.24, 2.45) is 0 Å². The topological polar surface area (TPSA) is 77.4 Å². The van der Waals surface area contributed by atoms with Crippen molar-refractivity contribution in [2.45, 2.75) is 30.8 Å². The molecule has 1 N–H and O–H groups in total. The molecule has 3 aromatic carbocycles. The molecule has 0 aliphatic heterocycles. The summed E-state index contributed by atoms with van der Waals surface area (Å²) in [7, 11) is -2.22. The minimum atomic E-state index is -3.80. The molecule has 0 bridgehead atoms. The smallest absolute Gasteiger partial charge is 0.308 e. The molecule has 0 aliphatic carbocycles. The minimum absolute atomic E-state index is 0.119. The number of ether oxygens (including phenoxy) is 1. The molecule has 4 rings (SSSR count). The van der Waals surface area contributed by atoms with Crippen LogP contribution in [0.1, 0.15) is 30.5 Å². The van der Waals surface area contributed by atoms with Gasteiger partial charge < -0.3 is 4.74 Å². The largest absolute Gasteiger partial charge is 0.497 e. The number of hydrogen-bond donors (Lipinski definition) is 1. The Hall–Kier alpha value is -2.65. The van der Waals surface area contributed by atoms with Crippen LogP contribution in [-0.2, 0) is 16.6 Å². The molecular weight excluding hydrogens is 480 g/mol. The standard InChI is InChI=1S/C24H23ClN2O4S2/c1-3-21(16-8-10-18(31-2)11-9-16)26-33(29,30)19-12-13-22-23(14-19)32-24(28)27(22)15-17-6-4-5-7-20(17)25/h4-14,21,26H,3,15H2,1-2H3. The number of fused-ring (bicyclic) bond motifs is 1. The van der Waals surface area contributed by atoms with Crippen LogP contribution in [0.5, 0.6) is 5.75 Å². The van der Waals surface area contributed by atoms with Crippen molar-refractivity contribution in [3.05, 3.63) is 92.5 Å². The third-order valence-corrected chi connectivity index (χ3v) is 8.24. The van der Waals surface area contributed by atoms with E-state index in [9.17, 15) is 13.2 Å². The van der Waals surface area contributed by atoms with Crippen LogP contribution in [0.25, 0.3) is 10.2 Å². The van der Waals surface area contributed by atoms with Crippen molar-refractivity contribution >= 4 is 43.2 Å². The Morgan fingerprint density at radius 1 is 1.09 bits per heavy atom. The van der Waals surface area contributed by atoms with Crippen molar-refractivity contribution < 1.29 is 13.2 Å². The first-order valence-corrected chi connectivity index (χ1v) is 13.0. The lowest BCUT2D eigenvalue weighted by Crippen LogP contribution is -2.28. The number of nitrogens with one attached hydrogen (secondary N) is 1. The quantitative estimate of drug-likeness (QED) is 0.359. The maximum absolute atomic E-state index is 13.1. The Labute approximate surface area is 201 Å².